The maximum Gasteiger partial charge on any atom is 0.183 e. The molecular weight excluding hydrogens is 214 g/mol. The van der Waals surface area contributed by atoms with Crippen molar-refractivity contribution < 1.29 is 0 Å². The highest BCUT2D eigenvalue weighted by Gasteiger charge is 2.13. The summed E-state index contributed by atoms with van der Waals surface area (Å²) in [5.74, 6) is 0.737. The van der Waals surface area contributed by atoms with Gasteiger partial charge in [0.1, 0.15) is 5.82 Å². The minimum absolute atomic E-state index is 0.737. The smallest absolute Gasteiger partial charge is 0.183 e. The lowest BCUT2D eigenvalue weighted by atomic mass is 10.1. The van der Waals surface area contributed by atoms with Gasteiger partial charge in [0.05, 0.1) is 5.69 Å². The standard InChI is InChI=1S/C12H11N5/c1-3-10-11(9-4-6-13-7-5-9)16-17-12(10)14-8(2)15-17/h3-7,16H,1H2,2H3. The van der Waals surface area contributed by atoms with E-state index in [0.29, 0.717) is 0 Å². The second-order valence-electron chi connectivity index (χ2n) is 3.73. The second-order valence-corrected chi connectivity index (χ2v) is 3.73. The van der Waals surface area contributed by atoms with Crippen molar-refractivity contribution in [2.45, 2.75) is 6.92 Å². The molecule has 3 heterocycles. The van der Waals surface area contributed by atoms with Gasteiger partial charge >= 0.3 is 0 Å². The number of pyridine rings is 1. The Labute approximate surface area is 97.8 Å². The fraction of sp³-hybridized carbons (Fsp3) is 0.0833. The van der Waals surface area contributed by atoms with Gasteiger partial charge in [-0.1, -0.05) is 12.7 Å². The van der Waals surface area contributed by atoms with E-state index in [0.717, 1.165) is 28.3 Å². The number of aromatic amines is 1. The van der Waals surface area contributed by atoms with E-state index >= 15 is 0 Å². The van der Waals surface area contributed by atoms with E-state index in [-0.39, 0.29) is 0 Å². The van der Waals surface area contributed by atoms with E-state index in [1.807, 2.05) is 19.1 Å². The molecule has 0 aliphatic rings. The van der Waals surface area contributed by atoms with Gasteiger partial charge in [-0.2, -0.15) is 4.63 Å². The molecule has 0 aliphatic heterocycles. The fourth-order valence-corrected chi connectivity index (χ4v) is 1.88. The first-order valence-electron chi connectivity index (χ1n) is 5.28. The molecule has 0 spiro atoms. The lowest BCUT2D eigenvalue weighted by Crippen LogP contribution is -1.88. The lowest BCUT2D eigenvalue weighted by molar-refractivity contribution is 0.809. The lowest BCUT2D eigenvalue weighted by Gasteiger charge is -1.98. The number of fused-ring (bicyclic) bond motifs is 1. The first kappa shape index (κ1) is 9.77. The molecule has 5 heteroatoms. The van der Waals surface area contributed by atoms with Crippen LogP contribution < -0.4 is 0 Å². The molecule has 0 aliphatic carbocycles. The van der Waals surface area contributed by atoms with Gasteiger partial charge < -0.3 is 0 Å². The first-order chi connectivity index (χ1) is 8.29. The summed E-state index contributed by atoms with van der Waals surface area (Å²) in [7, 11) is 0. The Kier molecular flexibility index (Phi) is 2.04. The Morgan fingerprint density at radius 2 is 2.12 bits per heavy atom. The summed E-state index contributed by atoms with van der Waals surface area (Å²) >= 11 is 0. The molecule has 3 aromatic rings. The van der Waals surface area contributed by atoms with Crippen LogP contribution >= 0.6 is 0 Å². The van der Waals surface area contributed by atoms with Crippen molar-refractivity contribution in [2.75, 3.05) is 0 Å². The number of nitrogens with one attached hydrogen (secondary N) is 1. The SMILES string of the molecule is C=Cc1c(-c2ccncc2)[nH]n2nc(C)nc12. The monoisotopic (exact) mass is 225 g/mol. The normalized spacial score (nSPS) is 10.9. The van der Waals surface area contributed by atoms with Gasteiger partial charge in [-0.05, 0) is 19.1 Å². The molecule has 17 heavy (non-hydrogen) atoms. The highest BCUT2D eigenvalue weighted by molar-refractivity contribution is 5.79. The molecule has 5 nitrogen and oxygen atoms in total. The first-order valence-corrected chi connectivity index (χ1v) is 5.28. The van der Waals surface area contributed by atoms with Crippen molar-refractivity contribution in [1.29, 1.82) is 0 Å². The van der Waals surface area contributed by atoms with Gasteiger partial charge in [-0.3, -0.25) is 10.1 Å². The van der Waals surface area contributed by atoms with Crippen LogP contribution in [0.4, 0.5) is 0 Å². The minimum atomic E-state index is 0.737. The van der Waals surface area contributed by atoms with E-state index < -0.39 is 0 Å². The van der Waals surface area contributed by atoms with Crippen LogP contribution in [0.15, 0.2) is 31.1 Å². The van der Waals surface area contributed by atoms with Crippen LogP contribution in [0.5, 0.6) is 0 Å². The number of aryl methyl sites for hydroxylation is 1. The summed E-state index contributed by atoms with van der Waals surface area (Å²) in [6.45, 7) is 5.69. The molecule has 0 fully saturated rings. The molecular formula is C12H11N5. The molecule has 0 bridgehead atoms. The highest BCUT2D eigenvalue weighted by atomic mass is 15.5. The zero-order valence-corrected chi connectivity index (χ0v) is 9.38. The molecule has 0 atom stereocenters. The second kappa shape index (κ2) is 3.55. The maximum atomic E-state index is 4.36. The third-order valence-electron chi connectivity index (χ3n) is 2.61. The summed E-state index contributed by atoms with van der Waals surface area (Å²) < 4.78 is 1.67. The molecule has 0 radical (unpaired) electrons. The van der Waals surface area contributed by atoms with Crippen molar-refractivity contribution >= 4 is 11.7 Å². The summed E-state index contributed by atoms with van der Waals surface area (Å²) in [5, 5.41) is 7.45. The third kappa shape index (κ3) is 1.44. The van der Waals surface area contributed by atoms with Crippen LogP contribution in [0.25, 0.3) is 23.0 Å². The number of hydrogen-bond donors (Lipinski definition) is 1. The van der Waals surface area contributed by atoms with Crippen LogP contribution in [-0.2, 0) is 0 Å². The topological polar surface area (TPSA) is 58.9 Å². The van der Waals surface area contributed by atoms with Crippen LogP contribution in [0.1, 0.15) is 11.4 Å². The molecule has 0 saturated heterocycles. The predicted octanol–water partition coefficient (Wildman–Crippen LogP) is 2.07. The van der Waals surface area contributed by atoms with Crippen molar-refractivity contribution in [1.82, 2.24) is 24.8 Å². The van der Waals surface area contributed by atoms with E-state index in [2.05, 4.69) is 26.7 Å². The predicted molar refractivity (Wildman–Crippen MR) is 65.4 cm³/mol. The maximum absolute atomic E-state index is 4.36. The Bertz CT molecular complexity index is 678. The third-order valence-corrected chi connectivity index (χ3v) is 2.61. The van der Waals surface area contributed by atoms with Crippen molar-refractivity contribution in [3.05, 3.63) is 42.5 Å². The Balaban J connectivity index is 2.30. The largest absolute Gasteiger partial charge is 0.275 e. The summed E-state index contributed by atoms with van der Waals surface area (Å²) in [4.78, 5) is 8.37. The van der Waals surface area contributed by atoms with Gasteiger partial charge in [0, 0.05) is 23.5 Å². The zero-order chi connectivity index (χ0) is 11.8. The number of hydrogen-bond acceptors (Lipinski definition) is 3. The number of aromatic nitrogens is 5. The van der Waals surface area contributed by atoms with E-state index in [1.54, 1.807) is 23.1 Å². The van der Waals surface area contributed by atoms with Crippen molar-refractivity contribution in [3.8, 4) is 11.3 Å². The molecule has 0 saturated carbocycles. The minimum Gasteiger partial charge on any atom is -0.275 e. The quantitative estimate of drug-likeness (QED) is 0.726. The zero-order valence-electron chi connectivity index (χ0n) is 9.38. The average molecular weight is 225 g/mol. The van der Waals surface area contributed by atoms with Gasteiger partial charge in [0.15, 0.2) is 5.65 Å². The van der Waals surface area contributed by atoms with Gasteiger partial charge in [-0.25, -0.2) is 4.98 Å². The number of H-pyrrole nitrogens is 1. The van der Waals surface area contributed by atoms with Gasteiger partial charge in [0.25, 0.3) is 0 Å². The Hall–Kier alpha value is -2.43. The van der Waals surface area contributed by atoms with E-state index in [4.69, 9.17) is 0 Å². The average Bonchev–Trinajstić information content (AvgIpc) is 2.85. The van der Waals surface area contributed by atoms with Gasteiger partial charge in [-0.15, -0.1) is 5.10 Å². The Morgan fingerprint density at radius 3 is 2.82 bits per heavy atom. The van der Waals surface area contributed by atoms with Crippen LogP contribution in [-0.4, -0.2) is 24.8 Å². The number of rotatable bonds is 2. The molecule has 0 unspecified atom stereocenters. The molecule has 3 aromatic heterocycles. The van der Waals surface area contributed by atoms with Crippen LogP contribution in [0, 0.1) is 6.92 Å². The molecule has 1 N–H and O–H groups in total. The molecule has 84 valence electrons. The molecule has 0 amide bonds. The van der Waals surface area contributed by atoms with E-state index in [9.17, 15) is 0 Å². The van der Waals surface area contributed by atoms with Crippen LogP contribution in [0.3, 0.4) is 0 Å². The summed E-state index contributed by atoms with van der Waals surface area (Å²) in [5.41, 5.74) is 3.75. The van der Waals surface area contributed by atoms with E-state index in [1.165, 1.54) is 0 Å². The highest BCUT2D eigenvalue weighted by Crippen LogP contribution is 2.25. The van der Waals surface area contributed by atoms with Gasteiger partial charge in [0.2, 0.25) is 0 Å². The van der Waals surface area contributed by atoms with Crippen molar-refractivity contribution in [2.24, 2.45) is 0 Å². The molecule has 0 aromatic carbocycles. The van der Waals surface area contributed by atoms with Crippen LogP contribution in [0.2, 0.25) is 0 Å². The summed E-state index contributed by atoms with van der Waals surface area (Å²) in [6, 6.07) is 3.87. The Morgan fingerprint density at radius 1 is 1.35 bits per heavy atom. The number of nitrogens with zero attached hydrogens (tertiary/aromatic N) is 4. The fourth-order valence-electron chi connectivity index (χ4n) is 1.88. The molecule has 3 rings (SSSR count). The summed E-state index contributed by atoms with van der Waals surface area (Å²) in [6.07, 6.45) is 5.30. The van der Waals surface area contributed by atoms with Crippen molar-refractivity contribution in [3.63, 3.8) is 0 Å².